The Hall–Kier alpha value is -0.940. The maximum atomic E-state index is 9.19. The molecule has 2 atom stereocenters. The third kappa shape index (κ3) is 3.28. The first kappa shape index (κ1) is 13.1. The van der Waals surface area contributed by atoms with Crippen molar-refractivity contribution in [2.24, 2.45) is 0 Å². The predicted molar refractivity (Wildman–Crippen MR) is 70.9 cm³/mol. The van der Waals surface area contributed by atoms with Crippen LogP contribution in [0.25, 0.3) is 0 Å². The highest BCUT2D eigenvalue weighted by molar-refractivity contribution is 7.99. The maximum absolute atomic E-state index is 9.19. The van der Waals surface area contributed by atoms with E-state index in [1.165, 1.54) is 0 Å². The minimum Gasteiger partial charge on any atom is -0.396 e. The van der Waals surface area contributed by atoms with Crippen molar-refractivity contribution in [3.05, 3.63) is 17.8 Å². The van der Waals surface area contributed by atoms with Gasteiger partial charge in [-0.15, -0.1) is 0 Å². The van der Waals surface area contributed by atoms with Crippen molar-refractivity contribution in [2.75, 3.05) is 23.9 Å². The Morgan fingerprint density at radius 1 is 1.56 bits per heavy atom. The van der Waals surface area contributed by atoms with Crippen LogP contribution in [0.5, 0.6) is 0 Å². The molecule has 90 valence electrons. The van der Waals surface area contributed by atoms with E-state index in [-0.39, 0.29) is 17.9 Å². The van der Waals surface area contributed by atoms with Crippen molar-refractivity contribution in [1.29, 1.82) is 0 Å². The lowest BCUT2D eigenvalue weighted by Gasteiger charge is -2.22. The number of pyridine rings is 1. The summed E-state index contributed by atoms with van der Waals surface area (Å²) in [6, 6.07) is 3.84. The molecule has 0 aliphatic heterocycles. The molecule has 1 aromatic heterocycles. The van der Waals surface area contributed by atoms with Crippen LogP contribution in [0, 0.1) is 6.92 Å². The second kappa shape index (κ2) is 5.96. The highest BCUT2D eigenvalue weighted by Gasteiger charge is 2.16. The van der Waals surface area contributed by atoms with Crippen molar-refractivity contribution < 1.29 is 5.11 Å². The van der Waals surface area contributed by atoms with E-state index in [0.29, 0.717) is 11.5 Å². The number of rotatable bonds is 5. The fourth-order valence-electron chi connectivity index (χ4n) is 1.43. The Morgan fingerprint density at radius 3 is 2.81 bits per heavy atom. The average Bonchev–Trinajstić information content (AvgIpc) is 2.25. The first-order valence-corrected chi connectivity index (χ1v) is 6.50. The zero-order valence-corrected chi connectivity index (χ0v) is 10.7. The van der Waals surface area contributed by atoms with E-state index in [4.69, 9.17) is 5.73 Å². The number of aliphatic hydroxyl groups excluding tert-OH is 1. The molecule has 1 aromatic rings. The van der Waals surface area contributed by atoms with Crippen LogP contribution in [0.3, 0.4) is 0 Å². The van der Waals surface area contributed by atoms with E-state index >= 15 is 0 Å². The van der Waals surface area contributed by atoms with Gasteiger partial charge in [-0.3, -0.25) is 0 Å². The summed E-state index contributed by atoms with van der Waals surface area (Å²) in [7, 11) is 0. The fraction of sp³-hybridized carbons (Fsp3) is 0.545. The molecule has 5 heteroatoms. The number of aliphatic hydroxyl groups is 1. The van der Waals surface area contributed by atoms with Gasteiger partial charge in [0.05, 0.1) is 12.3 Å². The molecule has 4 nitrogen and oxygen atoms in total. The number of aromatic nitrogens is 1. The summed E-state index contributed by atoms with van der Waals surface area (Å²) in [5, 5.41) is 12.6. The van der Waals surface area contributed by atoms with Crippen LogP contribution < -0.4 is 11.1 Å². The summed E-state index contributed by atoms with van der Waals surface area (Å²) in [6.45, 7) is 4.08. The van der Waals surface area contributed by atoms with Crippen LogP contribution in [-0.2, 0) is 0 Å². The van der Waals surface area contributed by atoms with Gasteiger partial charge in [0.25, 0.3) is 0 Å². The van der Waals surface area contributed by atoms with Crippen LogP contribution in [0.1, 0.15) is 12.6 Å². The number of thioether (sulfide) groups is 1. The maximum Gasteiger partial charge on any atom is 0.149 e. The molecule has 0 bridgehead atoms. The summed E-state index contributed by atoms with van der Waals surface area (Å²) in [4.78, 5) is 4.34. The Kier molecular flexibility index (Phi) is 4.89. The van der Waals surface area contributed by atoms with Gasteiger partial charge >= 0.3 is 0 Å². The van der Waals surface area contributed by atoms with E-state index in [1.54, 1.807) is 11.8 Å². The predicted octanol–water partition coefficient (Wildman–Crippen LogP) is 1.50. The third-order valence-corrected chi connectivity index (χ3v) is 3.63. The lowest BCUT2D eigenvalue weighted by molar-refractivity contribution is 0.288. The molecule has 0 saturated carbocycles. The smallest absolute Gasteiger partial charge is 0.149 e. The molecular formula is C11H19N3OS. The zero-order valence-electron chi connectivity index (χ0n) is 9.90. The second-order valence-electron chi connectivity index (χ2n) is 3.78. The van der Waals surface area contributed by atoms with Gasteiger partial charge in [-0.25, -0.2) is 4.98 Å². The topological polar surface area (TPSA) is 71.2 Å². The number of nitrogens with zero attached hydrogens (tertiary/aromatic N) is 1. The molecule has 0 fully saturated rings. The highest BCUT2D eigenvalue weighted by atomic mass is 32.2. The lowest BCUT2D eigenvalue weighted by Crippen LogP contribution is -2.31. The van der Waals surface area contributed by atoms with Gasteiger partial charge in [-0.05, 0) is 32.2 Å². The summed E-state index contributed by atoms with van der Waals surface area (Å²) in [5.41, 5.74) is 7.39. The number of anilines is 2. The van der Waals surface area contributed by atoms with Crippen LogP contribution >= 0.6 is 11.8 Å². The molecule has 0 aromatic carbocycles. The van der Waals surface area contributed by atoms with Gasteiger partial charge in [-0.2, -0.15) is 11.8 Å². The molecule has 1 heterocycles. The fourth-order valence-corrected chi connectivity index (χ4v) is 2.05. The van der Waals surface area contributed by atoms with Crippen molar-refractivity contribution in [1.82, 2.24) is 4.98 Å². The number of aryl methyl sites for hydroxylation is 1. The Labute approximate surface area is 101 Å². The molecular weight excluding hydrogens is 222 g/mol. The largest absolute Gasteiger partial charge is 0.396 e. The average molecular weight is 241 g/mol. The Bertz CT molecular complexity index is 342. The van der Waals surface area contributed by atoms with Gasteiger partial charge in [0.2, 0.25) is 0 Å². The number of nitrogens with two attached hydrogens (primary N) is 1. The van der Waals surface area contributed by atoms with Crippen LogP contribution in [0.2, 0.25) is 0 Å². The van der Waals surface area contributed by atoms with Crippen LogP contribution in [-0.4, -0.2) is 34.2 Å². The molecule has 4 N–H and O–H groups in total. The van der Waals surface area contributed by atoms with E-state index in [2.05, 4.69) is 10.3 Å². The standard InChI is InChI=1S/C11H19N3OS/c1-7-4-5-9(12)11(13-7)14-8(2)10(6-15)16-3/h4-5,8,10,15H,6,12H2,1-3H3,(H,13,14). The Morgan fingerprint density at radius 2 is 2.25 bits per heavy atom. The monoisotopic (exact) mass is 241 g/mol. The van der Waals surface area contributed by atoms with Gasteiger partial charge in [0.15, 0.2) is 0 Å². The molecule has 0 aliphatic rings. The lowest BCUT2D eigenvalue weighted by atomic mass is 10.2. The van der Waals surface area contributed by atoms with Crippen molar-refractivity contribution in [2.45, 2.75) is 25.1 Å². The first-order chi connectivity index (χ1) is 7.58. The molecule has 0 spiro atoms. The molecule has 0 aliphatic carbocycles. The third-order valence-electron chi connectivity index (χ3n) is 2.47. The number of nitrogen functional groups attached to an aromatic ring is 1. The van der Waals surface area contributed by atoms with Gasteiger partial charge in [-0.1, -0.05) is 0 Å². The van der Waals surface area contributed by atoms with Crippen molar-refractivity contribution in [3.63, 3.8) is 0 Å². The summed E-state index contributed by atoms with van der Waals surface area (Å²) >= 11 is 1.63. The first-order valence-electron chi connectivity index (χ1n) is 5.21. The normalized spacial score (nSPS) is 14.5. The number of hydrogen-bond donors (Lipinski definition) is 3. The number of nitrogens with one attached hydrogen (secondary N) is 1. The van der Waals surface area contributed by atoms with Gasteiger partial charge in [0, 0.05) is 17.0 Å². The molecule has 0 radical (unpaired) electrons. The summed E-state index contributed by atoms with van der Waals surface area (Å²) in [5.74, 6) is 0.694. The highest BCUT2D eigenvalue weighted by Crippen LogP contribution is 2.20. The molecule has 2 unspecified atom stereocenters. The summed E-state index contributed by atoms with van der Waals surface area (Å²) < 4.78 is 0. The quantitative estimate of drug-likeness (QED) is 0.728. The number of hydrogen-bond acceptors (Lipinski definition) is 5. The van der Waals surface area contributed by atoms with Crippen molar-refractivity contribution >= 4 is 23.3 Å². The molecule has 0 saturated heterocycles. The van der Waals surface area contributed by atoms with E-state index in [9.17, 15) is 5.11 Å². The SMILES string of the molecule is CSC(CO)C(C)Nc1nc(C)ccc1N. The zero-order chi connectivity index (χ0) is 12.1. The minimum absolute atomic E-state index is 0.122. The second-order valence-corrected chi connectivity index (χ2v) is 4.86. The van der Waals surface area contributed by atoms with Crippen LogP contribution in [0.15, 0.2) is 12.1 Å². The van der Waals surface area contributed by atoms with Gasteiger partial charge < -0.3 is 16.2 Å². The van der Waals surface area contributed by atoms with E-state index in [1.807, 2.05) is 32.2 Å². The molecule has 1 rings (SSSR count). The van der Waals surface area contributed by atoms with Crippen LogP contribution in [0.4, 0.5) is 11.5 Å². The molecule has 16 heavy (non-hydrogen) atoms. The van der Waals surface area contributed by atoms with Gasteiger partial charge in [0.1, 0.15) is 5.82 Å². The Balaban J connectivity index is 2.75. The van der Waals surface area contributed by atoms with E-state index < -0.39 is 0 Å². The molecule has 0 amide bonds. The van der Waals surface area contributed by atoms with E-state index in [0.717, 1.165) is 5.69 Å². The summed E-state index contributed by atoms with van der Waals surface area (Å²) in [6.07, 6.45) is 1.98. The van der Waals surface area contributed by atoms with Crippen molar-refractivity contribution in [3.8, 4) is 0 Å². The minimum atomic E-state index is 0.122.